The number of benzene rings is 1. The number of thioether (sulfide) groups is 1. The molecule has 0 fully saturated rings. The normalized spacial score (nSPS) is 11.7. The van der Waals surface area contributed by atoms with E-state index in [1.807, 2.05) is 26.0 Å². The Labute approximate surface area is 132 Å². The average molecular weight is 318 g/mol. The summed E-state index contributed by atoms with van der Waals surface area (Å²) in [6.07, 6.45) is 1.49. The van der Waals surface area contributed by atoms with Crippen LogP contribution in [0.3, 0.4) is 0 Å². The number of rotatable bonds is 6. The van der Waals surface area contributed by atoms with Crippen molar-refractivity contribution in [1.82, 2.24) is 15.2 Å². The van der Waals surface area contributed by atoms with Gasteiger partial charge < -0.3 is 14.6 Å². The number of hydrogen-bond donors (Lipinski definition) is 1. The molecule has 1 aromatic heterocycles. The number of carbonyl (C=O) groups excluding carboxylic acids is 1. The van der Waals surface area contributed by atoms with Gasteiger partial charge in [-0.2, -0.15) is 0 Å². The van der Waals surface area contributed by atoms with Crippen LogP contribution in [0.1, 0.15) is 25.2 Å². The number of H-pyrrole nitrogens is 1. The van der Waals surface area contributed by atoms with E-state index in [4.69, 9.17) is 4.74 Å². The highest BCUT2D eigenvalue weighted by atomic mass is 32.2. The molecule has 22 heavy (non-hydrogen) atoms. The van der Waals surface area contributed by atoms with Crippen molar-refractivity contribution < 1.29 is 14.6 Å². The van der Waals surface area contributed by atoms with Crippen LogP contribution in [0.4, 0.5) is 0 Å². The second-order valence-corrected chi connectivity index (χ2v) is 5.82. The molecule has 0 bridgehead atoms. The maximum absolute atomic E-state index is 11.3. The Morgan fingerprint density at radius 3 is 2.73 bits per heavy atom. The predicted molar refractivity (Wildman–Crippen MR) is 82.2 cm³/mol. The van der Waals surface area contributed by atoms with Crippen LogP contribution in [0.5, 0.6) is 5.75 Å². The highest BCUT2D eigenvalue weighted by Gasteiger charge is 2.09. The molecule has 1 N–H and O–H groups in total. The quantitative estimate of drug-likeness (QED) is 0.645. The molecule has 0 saturated carbocycles. The second-order valence-electron chi connectivity index (χ2n) is 4.81. The Morgan fingerprint density at radius 2 is 2.14 bits per heavy atom. The number of nitrogens with zero attached hydrogens (tertiary/aromatic N) is 2. The number of nitrogens with one attached hydrogen (secondary N) is 1. The van der Waals surface area contributed by atoms with Gasteiger partial charge in [0.1, 0.15) is 11.6 Å². The summed E-state index contributed by atoms with van der Waals surface area (Å²) in [6.45, 7) is 5.56. The molecular weight excluding hydrogens is 302 g/mol. The molecule has 2 aromatic rings. The summed E-state index contributed by atoms with van der Waals surface area (Å²) >= 11 is 0.930. The summed E-state index contributed by atoms with van der Waals surface area (Å²) < 4.78 is 5.68. The first-order chi connectivity index (χ1) is 10.5. The van der Waals surface area contributed by atoms with E-state index in [0.29, 0.717) is 22.3 Å². The van der Waals surface area contributed by atoms with E-state index in [9.17, 15) is 9.90 Å². The molecule has 0 aliphatic rings. The number of aryl methyl sites for hydroxylation is 1. The Morgan fingerprint density at radius 1 is 1.41 bits per heavy atom. The summed E-state index contributed by atoms with van der Waals surface area (Å²) in [7, 11) is 0. The lowest BCUT2D eigenvalue weighted by Crippen LogP contribution is -2.23. The lowest BCUT2D eigenvalue weighted by molar-refractivity contribution is -0.297. The van der Waals surface area contributed by atoms with Gasteiger partial charge in [0.25, 0.3) is 0 Å². The molecular formula is C15H16N3O3S-. The van der Waals surface area contributed by atoms with Crippen molar-refractivity contribution in [1.29, 1.82) is 0 Å². The number of hydrogen-bond acceptors (Lipinski definition) is 6. The van der Waals surface area contributed by atoms with Crippen LogP contribution in [-0.2, 0) is 4.79 Å². The monoisotopic (exact) mass is 318 g/mol. The fourth-order valence-corrected chi connectivity index (χ4v) is 2.44. The van der Waals surface area contributed by atoms with Crippen LogP contribution >= 0.6 is 11.8 Å². The van der Waals surface area contributed by atoms with Gasteiger partial charge in [-0.25, -0.2) is 4.98 Å². The van der Waals surface area contributed by atoms with E-state index >= 15 is 0 Å². The first-order valence-corrected chi connectivity index (χ1v) is 7.53. The van der Waals surface area contributed by atoms with Gasteiger partial charge >= 0.3 is 0 Å². The summed E-state index contributed by atoms with van der Waals surface area (Å²) in [4.78, 5) is 15.4. The Kier molecular flexibility index (Phi) is 5.21. The number of aromatic amines is 1. The number of aromatic nitrogens is 3. The minimum Gasteiger partial charge on any atom is -0.544 e. The van der Waals surface area contributed by atoms with E-state index in [1.165, 1.54) is 6.08 Å². The van der Waals surface area contributed by atoms with Crippen LogP contribution in [0.25, 0.3) is 6.08 Å². The van der Waals surface area contributed by atoms with E-state index in [2.05, 4.69) is 15.2 Å². The summed E-state index contributed by atoms with van der Waals surface area (Å²) in [6, 6.07) is 7.22. The lowest BCUT2D eigenvalue weighted by atomic mass is 10.2. The van der Waals surface area contributed by atoms with Crippen molar-refractivity contribution in [2.24, 2.45) is 0 Å². The van der Waals surface area contributed by atoms with Crippen LogP contribution in [-0.4, -0.2) is 27.3 Å². The van der Waals surface area contributed by atoms with Crippen molar-refractivity contribution >= 4 is 23.8 Å². The molecule has 0 spiro atoms. The Hall–Kier alpha value is -2.28. The molecule has 0 unspecified atom stereocenters. The van der Waals surface area contributed by atoms with E-state index in [0.717, 1.165) is 11.8 Å². The van der Waals surface area contributed by atoms with Gasteiger partial charge in [-0.3, -0.25) is 5.10 Å². The molecule has 0 aliphatic heterocycles. The topological polar surface area (TPSA) is 90.9 Å². The molecule has 116 valence electrons. The fourth-order valence-electron chi connectivity index (χ4n) is 1.70. The van der Waals surface area contributed by atoms with Crippen molar-refractivity contribution in [3.05, 3.63) is 40.6 Å². The third-order valence-electron chi connectivity index (χ3n) is 2.55. The van der Waals surface area contributed by atoms with Gasteiger partial charge in [-0.05, 0) is 44.7 Å². The number of aliphatic carboxylic acids is 1. The van der Waals surface area contributed by atoms with Crippen molar-refractivity contribution in [3.63, 3.8) is 0 Å². The average Bonchev–Trinajstić information content (AvgIpc) is 2.85. The van der Waals surface area contributed by atoms with Gasteiger partial charge in [0.05, 0.1) is 12.1 Å². The zero-order valence-electron chi connectivity index (χ0n) is 12.5. The van der Waals surface area contributed by atoms with E-state index in [1.54, 1.807) is 19.1 Å². The van der Waals surface area contributed by atoms with Crippen molar-refractivity contribution in [3.8, 4) is 5.75 Å². The molecule has 2 rings (SSSR count). The number of carboxylic acids is 1. The maximum Gasteiger partial charge on any atom is 0.213 e. The van der Waals surface area contributed by atoms with Gasteiger partial charge in [0.2, 0.25) is 5.16 Å². The van der Waals surface area contributed by atoms with Gasteiger partial charge in [0, 0.05) is 10.5 Å². The number of para-hydroxylation sites is 1. The lowest BCUT2D eigenvalue weighted by Gasteiger charge is -2.13. The van der Waals surface area contributed by atoms with Crippen molar-refractivity contribution in [2.45, 2.75) is 32.0 Å². The third-order valence-corrected chi connectivity index (χ3v) is 3.42. The molecule has 0 atom stereocenters. The number of carbonyl (C=O) groups is 1. The minimum atomic E-state index is -1.29. The largest absolute Gasteiger partial charge is 0.544 e. The highest BCUT2D eigenvalue weighted by molar-refractivity contribution is 8.04. The van der Waals surface area contributed by atoms with Crippen LogP contribution in [0.15, 0.2) is 34.3 Å². The molecule has 1 heterocycles. The number of ether oxygens (including phenoxy) is 1. The zero-order valence-corrected chi connectivity index (χ0v) is 13.3. The zero-order chi connectivity index (χ0) is 16.1. The molecule has 0 amide bonds. The summed E-state index contributed by atoms with van der Waals surface area (Å²) in [5.41, 5.74) is 0.662. The summed E-state index contributed by atoms with van der Waals surface area (Å²) in [5.74, 6) is -0.0569. The SMILES string of the molecule is Cc1nc(S/C(=C/c2ccccc2OC(C)C)C(=O)[O-])n[nH]1. The Bertz CT molecular complexity index is 695. The molecule has 1 aromatic carbocycles. The maximum atomic E-state index is 11.3. The van der Waals surface area contributed by atoms with Gasteiger partial charge in [0.15, 0.2) is 0 Å². The van der Waals surface area contributed by atoms with E-state index < -0.39 is 5.97 Å². The van der Waals surface area contributed by atoms with E-state index in [-0.39, 0.29) is 11.0 Å². The highest BCUT2D eigenvalue weighted by Crippen LogP contribution is 2.28. The first-order valence-electron chi connectivity index (χ1n) is 6.71. The van der Waals surface area contributed by atoms with Crippen LogP contribution in [0.2, 0.25) is 0 Å². The smallest absolute Gasteiger partial charge is 0.213 e. The van der Waals surface area contributed by atoms with Crippen LogP contribution < -0.4 is 9.84 Å². The summed E-state index contributed by atoms with van der Waals surface area (Å²) in [5, 5.41) is 18.3. The molecule has 0 saturated heterocycles. The van der Waals surface area contributed by atoms with Gasteiger partial charge in [-0.1, -0.05) is 18.2 Å². The molecule has 0 aliphatic carbocycles. The molecule has 7 heteroatoms. The Balaban J connectivity index is 2.32. The number of carboxylic acid groups (broad SMARTS) is 1. The standard InChI is InChI=1S/C15H17N3O3S/c1-9(2)21-12-7-5-4-6-11(12)8-13(14(19)20)22-15-16-10(3)17-18-15/h4-9H,1-3H3,(H,19,20)(H,16,17,18)/p-1/b13-8+. The van der Waals surface area contributed by atoms with Crippen molar-refractivity contribution in [2.75, 3.05) is 0 Å². The van der Waals surface area contributed by atoms with Gasteiger partial charge in [-0.15, -0.1) is 5.10 Å². The third kappa shape index (κ3) is 4.36. The van der Waals surface area contributed by atoms with Crippen LogP contribution in [0, 0.1) is 6.92 Å². The molecule has 6 nitrogen and oxygen atoms in total. The second kappa shape index (κ2) is 7.13. The predicted octanol–water partition coefficient (Wildman–Crippen LogP) is 1.78. The fraction of sp³-hybridized carbons (Fsp3) is 0.267. The first kappa shape index (κ1) is 16.1. The molecule has 0 radical (unpaired) electrons. The minimum absolute atomic E-state index is 0.00994.